The monoisotopic (exact) mass is 442 g/mol. The molecule has 9 heteroatoms. The number of carbonyl (C=O) groups excluding carboxylic acids is 1. The molecule has 0 unspecified atom stereocenters. The molecule has 4 rings (SSSR count). The summed E-state index contributed by atoms with van der Waals surface area (Å²) >= 11 is 7.32. The van der Waals surface area contributed by atoms with Crippen LogP contribution in [0.25, 0.3) is 11.4 Å². The van der Waals surface area contributed by atoms with Crippen LogP contribution in [0.5, 0.6) is 0 Å². The van der Waals surface area contributed by atoms with Crippen LogP contribution in [0, 0.1) is 0 Å². The fourth-order valence-electron chi connectivity index (χ4n) is 2.93. The Balaban J connectivity index is 1.50. The van der Waals surface area contributed by atoms with Crippen LogP contribution < -0.4 is 5.32 Å². The molecule has 3 heterocycles. The molecule has 1 N–H and O–H groups in total. The normalized spacial score (nSPS) is 12.1. The van der Waals surface area contributed by atoms with Gasteiger partial charge in [-0.05, 0) is 55.5 Å². The Morgan fingerprint density at radius 3 is 2.60 bits per heavy atom. The van der Waals surface area contributed by atoms with Gasteiger partial charge in [-0.3, -0.25) is 9.36 Å². The lowest BCUT2D eigenvalue weighted by Crippen LogP contribution is -2.28. The van der Waals surface area contributed by atoms with E-state index in [2.05, 4.69) is 15.5 Å². The third-order valence-corrected chi connectivity index (χ3v) is 5.61. The largest absolute Gasteiger partial charge is 0.467 e. The highest BCUT2D eigenvalue weighted by molar-refractivity contribution is 7.99. The van der Waals surface area contributed by atoms with Crippen LogP contribution in [0.1, 0.15) is 24.5 Å². The molecular formula is C21H19ClN4O3S. The molecule has 154 valence electrons. The lowest BCUT2D eigenvalue weighted by atomic mass is 10.2. The molecule has 0 spiro atoms. The van der Waals surface area contributed by atoms with Gasteiger partial charge in [0.25, 0.3) is 0 Å². The number of hydrogen-bond acceptors (Lipinski definition) is 6. The zero-order valence-electron chi connectivity index (χ0n) is 16.1. The SMILES string of the molecule is C[C@@H](NC(=O)CSc1nnc(-c2ccc(Cl)cc2)n1Cc1ccco1)c1ccco1. The lowest BCUT2D eigenvalue weighted by Gasteiger charge is -2.12. The van der Waals surface area contributed by atoms with Crippen LogP contribution in [0.2, 0.25) is 5.02 Å². The van der Waals surface area contributed by atoms with Crippen LogP contribution in [-0.2, 0) is 11.3 Å². The summed E-state index contributed by atoms with van der Waals surface area (Å²) in [5.74, 6) is 2.23. The second kappa shape index (κ2) is 9.23. The summed E-state index contributed by atoms with van der Waals surface area (Å²) in [5.41, 5.74) is 0.876. The third kappa shape index (κ3) is 4.77. The molecule has 0 aliphatic carbocycles. The summed E-state index contributed by atoms with van der Waals surface area (Å²) in [6.45, 7) is 2.32. The molecule has 0 aliphatic heterocycles. The van der Waals surface area contributed by atoms with Crippen LogP contribution >= 0.6 is 23.4 Å². The Kier molecular flexibility index (Phi) is 6.25. The van der Waals surface area contributed by atoms with Gasteiger partial charge in [-0.1, -0.05) is 23.4 Å². The summed E-state index contributed by atoms with van der Waals surface area (Å²) in [5, 5.41) is 12.8. The first kappa shape index (κ1) is 20.3. The number of aromatic nitrogens is 3. The van der Waals surface area contributed by atoms with Gasteiger partial charge < -0.3 is 14.2 Å². The maximum absolute atomic E-state index is 12.4. The van der Waals surface area contributed by atoms with E-state index in [1.807, 2.05) is 41.8 Å². The number of rotatable bonds is 8. The maximum Gasteiger partial charge on any atom is 0.231 e. The molecule has 3 aromatic heterocycles. The van der Waals surface area contributed by atoms with Gasteiger partial charge in [0, 0.05) is 10.6 Å². The number of furan rings is 2. The quantitative estimate of drug-likeness (QED) is 0.394. The number of nitrogens with one attached hydrogen (secondary N) is 1. The van der Waals surface area contributed by atoms with Gasteiger partial charge in [-0.15, -0.1) is 10.2 Å². The fourth-order valence-corrected chi connectivity index (χ4v) is 3.81. The van der Waals surface area contributed by atoms with Crippen molar-refractivity contribution in [2.45, 2.75) is 24.7 Å². The van der Waals surface area contributed by atoms with Gasteiger partial charge in [0.05, 0.1) is 30.9 Å². The van der Waals surface area contributed by atoms with Gasteiger partial charge >= 0.3 is 0 Å². The van der Waals surface area contributed by atoms with E-state index in [-0.39, 0.29) is 17.7 Å². The van der Waals surface area contributed by atoms with Crippen LogP contribution in [0.4, 0.5) is 0 Å². The Labute approximate surface area is 182 Å². The number of nitrogens with zero attached hydrogens (tertiary/aromatic N) is 3. The summed E-state index contributed by atoms with van der Waals surface area (Å²) in [4.78, 5) is 12.4. The highest BCUT2D eigenvalue weighted by Crippen LogP contribution is 2.26. The Hall–Kier alpha value is -2.97. The molecule has 7 nitrogen and oxygen atoms in total. The topological polar surface area (TPSA) is 86.1 Å². The van der Waals surface area contributed by atoms with Crippen LogP contribution in [0.3, 0.4) is 0 Å². The van der Waals surface area contributed by atoms with Crippen molar-refractivity contribution in [3.63, 3.8) is 0 Å². The predicted molar refractivity (Wildman–Crippen MR) is 114 cm³/mol. The fraction of sp³-hybridized carbons (Fsp3) is 0.190. The Morgan fingerprint density at radius 1 is 1.13 bits per heavy atom. The molecular weight excluding hydrogens is 424 g/mol. The van der Waals surface area contributed by atoms with Crippen molar-refractivity contribution in [3.05, 3.63) is 77.6 Å². The number of benzene rings is 1. The predicted octanol–water partition coefficient (Wildman–Crippen LogP) is 4.80. The minimum Gasteiger partial charge on any atom is -0.467 e. The number of halogens is 1. The molecule has 1 atom stereocenters. The lowest BCUT2D eigenvalue weighted by molar-refractivity contribution is -0.119. The van der Waals surface area contributed by atoms with Crippen molar-refractivity contribution in [1.82, 2.24) is 20.1 Å². The zero-order chi connectivity index (χ0) is 20.9. The van der Waals surface area contributed by atoms with E-state index in [1.165, 1.54) is 11.8 Å². The molecule has 0 saturated carbocycles. The van der Waals surface area contributed by atoms with Crippen molar-refractivity contribution in [2.24, 2.45) is 0 Å². The van der Waals surface area contributed by atoms with Crippen molar-refractivity contribution < 1.29 is 13.6 Å². The minimum atomic E-state index is -0.210. The van der Waals surface area contributed by atoms with Gasteiger partial charge in [0.15, 0.2) is 11.0 Å². The Bertz CT molecular complexity index is 1090. The molecule has 1 amide bonds. The molecule has 0 saturated heterocycles. The summed E-state index contributed by atoms with van der Waals surface area (Å²) in [6.07, 6.45) is 3.21. The average Bonchev–Trinajstić information content (AvgIpc) is 3.50. The second-order valence-corrected chi connectivity index (χ2v) is 7.95. The maximum atomic E-state index is 12.4. The van der Waals surface area contributed by atoms with Crippen molar-refractivity contribution in [1.29, 1.82) is 0 Å². The number of carbonyl (C=O) groups is 1. The van der Waals surface area contributed by atoms with Crippen molar-refractivity contribution in [3.8, 4) is 11.4 Å². The summed E-state index contributed by atoms with van der Waals surface area (Å²) < 4.78 is 12.8. The highest BCUT2D eigenvalue weighted by atomic mass is 35.5. The van der Waals surface area contributed by atoms with E-state index in [9.17, 15) is 4.79 Å². The van der Waals surface area contributed by atoms with E-state index >= 15 is 0 Å². The molecule has 0 radical (unpaired) electrons. The summed E-state index contributed by atoms with van der Waals surface area (Å²) in [7, 11) is 0. The van der Waals surface area contributed by atoms with Gasteiger partial charge in [0.1, 0.15) is 11.5 Å². The molecule has 30 heavy (non-hydrogen) atoms. The standard InChI is InChI=1S/C21H19ClN4O3S/c1-14(18-5-3-11-29-18)23-19(27)13-30-21-25-24-20(15-6-8-16(22)9-7-15)26(21)12-17-4-2-10-28-17/h2-11,14H,12-13H2,1H3,(H,23,27)/t14-/m1/s1. The molecule has 0 aliphatic rings. The minimum absolute atomic E-state index is 0.121. The average molecular weight is 443 g/mol. The number of amides is 1. The first-order chi connectivity index (χ1) is 14.6. The van der Waals surface area contributed by atoms with Crippen molar-refractivity contribution in [2.75, 3.05) is 5.75 Å². The van der Waals surface area contributed by atoms with Gasteiger partial charge in [-0.25, -0.2) is 0 Å². The first-order valence-electron chi connectivity index (χ1n) is 9.27. The van der Waals surface area contributed by atoms with Crippen LogP contribution in [0.15, 0.2) is 75.0 Å². The molecule has 4 aromatic rings. The van der Waals surface area contributed by atoms with Crippen LogP contribution in [-0.4, -0.2) is 26.4 Å². The third-order valence-electron chi connectivity index (χ3n) is 4.39. The van der Waals surface area contributed by atoms with Crippen molar-refractivity contribution >= 4 is 29.3 Å². The van der Waals surface area contributed by atoms with Gasteiger partial charge in [-0.2, -0.15) is 0 Å². The first-order valence-corrected chi connectivity index (χ1v) is 10.6. The smallest absolute Gasteiger partial charge is 0.231 e. The molecule has 0 fully saturated rings. The van der Waals surface area contributed by atoms with E-state index < -0.39 is 0 Å². The van der Waals surface area contributed by atoms with E-state index in [0.717, 1.165) is 11.3 Å². The summed E-state index contributed by atoms with van der Waals surface area (Å²) in [6, 6.07) is 14.5. The van der Waals surface area contributed by atoms with E-state index in [0.29, 0.717) is 28.3 Å². The molecule has 0 bridgehead atoms. The highest BCUT2D eigenvalue weighted by Gasteiger charge is 2.18. The van der Waals surface area contributed by atoms with E-state index in [1.54, 1.807) is 30.7 Å². The number of thioether (sulfide) groups is 1. The number of hydrogen-bond donors (Lipinski definition) is 1. The van der Waals surface area contributed by atoms with Gasteiger partial charge in [0.2, 0.25) is 5.91 Å². The second-order valence-electron chi connectivity index (χ2n) is 6.57. The molecule has 1 aromatic carbocycles. The zero-order valence-corrected chi connectivity index (χ0v) is 17.7. The van der Waals surface area contributed by atoms with E-state index in [4.69, 9.17) is 20.4 Å². The Morgan fingerprint density at radius 2 is 1.90 bits per heavy atom.